The van der Waals surface area contributed by atoms with E-state index in [-0.39, 0.29) is 11.9 Å². The molecule has 1 amide bonds. The average Bonchev–Trinajstić information content (AvgIpc) is 3.04. The van der Waals surface area contributed by atoms with Crippen molar-refractivity contribution in [1.29, 1.82) is 0 Å². The van der Waals surface area contributed by atoms with Crippen molar-refractivity contribution in [3.05, 3.63) is 47.5 Å². The number of amides is 1. The van der Waals surface area contributed by atoms with E-state index in [4.69, 9.17) is 10.7 Å². The van der Waals surface area contributed by atoms with E-state index in [1.54, 1.807) is 12.4 Å². The first-order valence-electron chi connectivity index (χ1n) is 8.43. The molecule has 1 saturated heterocycles. The van der Waals surface area contributed by atoms with Gasteiger partial charge in [-0.3, -0.25) is 9.78 Å². The van der Waals surface area contributed by atoms with Gasteiger partial charge in [-0.2, -0.15) is 0 Å². The number of carbonyl (C=O) groups excluding carboxylic acids is 1. The Balaban J connectivity index is 1.80. The molecule has 0 bridgehead atoms. The van der Waals surface area contributed by atoms with Crippen molar-refractivity contribution in [3.8, 4) is 0 Å². The Morgan fingerprint density at radius 2 is 2.12 bits per heavy atom. The molecule has 0 aromatic carbocycles. The number of nitrogens with zero attached hydrogens (tertiary/aromatic N) is 4. The number of pyridine rings is 1. The Morgan fingerprint density at radius 3 is 2.88 bits per heavy atom. The molecular formula is C18H23N5O. The third-order valence-corrected chi connectivity index (χ3v) is 4.32. The van der Waals surface area contributed by atoms with Gasteiger partial charge in [-0.1, -0.05) is 0 Å². The van der Waals surface area contributed by atoms with E-state index < -0.39 is 0 Å². The van der Waals surface area contributed by atoms with Crippen LogP contribution in [0.15, 0.2) is 30.6 Å². The van der Waals surface area contributed by atoms with Crippen molar-refractivity contribution in [3.63, 3.8) is 0 Å². The number of aromatic nitrogens is 3. The largest absolute Gasteiger partial charge is 0.370 e. The van der Waals surface area contributed by atoms with Crippen molar-refractivity contribution < 1.29 is 4.79 Å². The fourth-order valence-corrected chi connectivity index (χ4v) is 3.30. The van der Waals surface area contributed by atoms with Crippen LogP contribution in [0.4, 0.5) is 5.95 Å². The maximum atomic E-state index is 10.9. The first-order chi connectivity index (χ1) is 11.6. The lowest BCUT2D eigenvalue weighted by Gasteiger charge is -2.24. The number of rotatable bonds is 6. The van der Waals surface area contributed by atoms with E-state index in [0.29, 0.717) is 6.42 Å². The zero-order chi connectivity index (χ0) is 16.9. The van der Waals surface area contributed by atoms with Crippen molar-refractivity contribution in [1.82, 2.24) is 15.0 Å². The molecular weight excluding hydrogens is 302 g/mol. The van der Waals surface area contributed by atoms with Crippen LogP contribution in [-0.4, -0.2) is 27.4 Å². The lowest BCUT2D eigenvalue weighted by atomic mass is 10.0. The summed E-state index contributed by atoms with van der Waals surface area (Å²) < 4.78 is 0. The zero-order valence-corrected chi connectivity index (χ0v) is 14.0. The van der Waals surface area contributed by atoms with Gasteiger partial charge in [0.25, 0.3) is 0 Å². The highest BCUT2D eigenvalue weighted by molar-refractivity contribution is 5.73. The molecule has 1 unspecified atom stereocenters. The topological polar surface area (TPSA) is 85.0 Å². The molecule has 24 heavy (non-hydrogen) atoms. The standard InChI is InChI=1S/C18H23N5O/c1-13-11-14(5-2-7-17(19)24)12-15(22-13)16-6-3-10-23(16)18-20-8-4-9-21-18/h4,8-9,11-12,16H,2-3,5-7,10H2,1H3,(H2,19,24). The van der Waals surface area contributed by atoms with Crippen molar-refractivity contribution in [2.75, 3.05) is 11.4 Å². The van der Waals surface area contributed by atoms with Crippen LogP contribution in [0.5, 0.6) is 0 Å². The highest BCUT2D eigenvalue weighted by Crippen LogP contribution is 2.33. The summed E-state index contributed by atoms with van der Waals surface area (Å²) in [4.78, 5) is 26.7. The monoisotopic (exact) mass is 325 g/mol. The minimum atomic E-state index is -0.246. The van der Waals surface area contributed by atoms with Crippen LogP contribution in [-0.2, 0) is 11.2 Å². The molecule has 0 spiro atoms. The normalized spacial score (nSPS) is 17.2. The predicted molar refractivity (Wildman–Crippen MR) is 92.5 cm³/mol. The zero-order valence-electron chi connectivity index (χ0n) is 14.0. The van der Waals surface area contributed by atoms with Crippen LogP contribution in [0, 0.1) is 6.92 Å². The molecule has 1 atom stereocenters. The number of aryl methyl sites for hydroxylation is 2. The number of nitrogens with two attached hydrogens (primary N) is 1. The molecule has 0 radical (unpaired) electrons. The molecule has 1 aliphatic rings. The van der Waals surface area contributed by atoms with E-state index in [1.807, 2.05) is 13.0 Å². The van der Waals surface area contributed by atoms with Gasteiger partial charge in [0, 0.05) is 31.1 Å². The summed E-state index contributed by atoms with van der Waals surface area (Å²) in [5.41, 5.74) is 8.50. The lowest BCUT2D eigenvalue weighted by Crippen LogP contribution is -2.25. The third kappa shape index (κ3) is 3.88. The highest BCUT2D eigenvalue weighted by atomic mass is 16.1. The molecule has 6 nitrogen and oxygen atoms in total. The summed E-state index contributed by atoms with van der Waals surface area (Å²) in [6, 6.07) is 6.28. The summed E-state index contributed by atoms with van der Waals surface area (Å²) >= 11 is 0. The number of carbonyl (C=O) groups is 1. The lowest BCUT2D eigenvalue weighted by molar-refractivity contribution is -0.118. The minimum absolute atomic E-state index is 0.210. The quantitative estimate of drug-likeness (QED) is 0.881. The van der Waals surface area contributed by atoms with Gasteiger partial charge in [0.2, 0.25) is 11.9 Å². The van der Waals surface area contributed by atoms with Gasteiger partial charge in [-0.15, -0.1) is 0 Å². The number of primary amides is 1. The maximum Gasteiger partial charge on any atom is 0.225 e. The maximum absolute atomic E-state index is 10.9. The predicted octanol–water partition coefficient (Wildman–Crippen LogP) is 2.33. The summed E-state index contributed by atoms with van der Waals surface area (Å²) in [5.74, 6) is 0.516. The Morgan fingerprint density at radius 1 is 1.33 bits per heavy atom. The Labute approximate surface area is 142 Å². The van der Waals surface area contributed by atoms with Crippen LogP contribution in [0.1, 0.15) is 48.7 Å². The average molecular weight is 325 g/mol. The van der Waals surface area contributed by atoms with E-state index in [1.165, 1.54) is 5.56 Å². The first-order valence-corrected chi connectivity index (χ1v) is 8.43. The summed E-state index contributed by atoms with van der Waals surface area (Å²) in [7, 11) is 0. The molecule has 2 aromatic rings. The summed E-state index contributed by atoms with van der Waals surface area (Å²) in [5, 5.41) is 0. The number of hydrogen-bond donors (Lipinski definition) is 1. The minimum Gasteiger partial charge on any atom is -0.370 e. The molecule has 3 rings (SSSR count). The van der Waals surface area contributed by atoms with Gasteiger partial charge in [0.1, 0.15) is 0 Å². The van der Waals surface area contributed by atoms with Gasteiger partial charge >= 0.3 is 0 Å². The van der Waals surface area contributed by atoms with Crippen LogP contribution in [0.2, 0.25) is 0 Å². The van der Waals surface area contributed by atoms with E-state index in [9.17, 15) is 4.79 Å². The third-order valence-electron chi connectivity index (χ3n) is 4.32. The van der Waals surface area contributed by atoms with Crippen LogP contribution in [0.3, 0.4) is 0 Å². The van der Waals surface area contributed by atoms with Gasteiger partial charge in [0.05, 0.1) is 11.7 Å². The molecule has 1 aliphatic heterocycles. The molecule has 2 aromatic heterocycles. The second-order valence-electron chi connectivity index (χ2n) is 6.26. The van der Waals surface area contributed by atoms with Gasteiger partial charge in [0.15, 0.2) is 0 Å². The summed E-state index contributed by atoms with van der Waals surface area (Å²) in [6.45, 7) is 2.96. The van der Waals surface area contributed by atoms with Gasteiger partial charge in [-0.05, 0) is 56.4 Å². The first kappa shape index (κ1) is 16.4. The van der Waals surface area contributed by atoms with Crippen molar-refractivity contribution in [2.45, 2.75) is 45.1 Å². The number of anilines is 1. The Bertz CT molecular complexity index is 704. The SMILES string of the molecule is Cc1cc(CCCC(N)=O)cc(C2CCCN2c2ncccn2)n1. The Kier molecular flexibility index (Phi) is 5.03. The molecule has 0 saturated carbocycles. The molecule has 0 aliphatic carbocycles. The van der Waals surface area contributed by atoms with Gasteiger partial charge < -0.3 is 10.6 Å². The van der Waals surface area contributed by atoms with Crippen LogP contribution in [0.25, 0.3) is 0 Å². The van der Waals surface area contributed by atoms with E-state index in [2.05, 4.69) is 27.0 Å². The van der Waals surface area contributed by atoms with Crippen molar-refractivity contribution >= 4 is 11.9 Å². The van der Waals surface area contributed by atoms with Crippen LogP contribution >= 0.6 is 0 Å². The fourth-order valence-electron chi connectivity index (χ4n) is 3.30. The molecule has 1 fully saturated rings. The molecule has 6 heteroatoms. The summed E-state index contributed by atoms with van der Waals surface area (Å²) in [6.07, 6.45) is 7.74. The van der Waals surface area contributed by atoms with E-state index >= 15 is 0 Å². The van der Waals surface area contributed by atoms with Crippen molar-refractivity contribution in [2.24, 2.45) is 5.73 Å². The van der Waals surface area contributed by atoms with E-state index in [0.717, 1.165) is 49.6 Å². The molecule has 2 N–H and O–H groups in total. The molecule has 126 valence electrons. The smallest absolute Gasteiger partial charge is 0.225 e. The molecule has 3 heterocycles. The second kappa shape index (κ2) is 7.38. The Hall–Kier alpha value is -2.50. The second-order valence-corrected chi connectivity index (χ2v) is 6.26. The highest BCUT2D eigenvalue weighted by Gasteiger charge is 2.29. The fraction of sp³-hybridized carbons (Fsp3) is 0.444. The van der Waals surface area contributed by atoms with Crippen LogP contribution < -0.4 is 10.6 Å². The van der Waals surface area contributed by atoms with Gasteiger partial charge in [-0.25, -0.2) is 9.97 Å². The number of hydrogen-bond acceptors (Lipinski definition) is 5.